The summed E-state index contributed by atoms with van der Waals surface area (Å²) in [6.07, 6.45) is 2.46. The van der Waals surface area contributed by atoms with Gasteiger partial charge >= 0.3 is 0 Å². The molecule has 0 atom stereocenters. The molecule has 1 N–H and O–H groups in total. The summed E-state index contributed by atoms with van der Waals surface area (Å²) in [6.45, 7) is 2.61. The summed E-state index contributed by atoms with van der Waals surface area (Å²) in [4.78, 5) is 15.8. The number of nitrogens with one attached hydrogen (secondary N) is 1. The van der Waals surface area contributed by atoms with Gasteiger partial charge in [0.2, 0.25) is 5.82 Å². The Kier molecular flexibility index (Phi) is 5.48. The van der Waals surface area contributed by atoms with Crippen LogP contribution in [0.3, 0.4) is 0 Å². The van der Waals surface area contributed by atoms with Crippen molar-refractivity contribution in [1.82, 2.24) is 30.2 Å². The van der Waals surface area contributed by atoms with E-state index < -0.39 is 0 Å². The fraction of sp³-hybridized carbons (Fsp3) is 0.190. The SMILES string of the molecule is CCCc1nc(Cl)c(C=O)n1Cc1ccc(-c2ccccc2-c2nn[nH]n2)cc1. The minimum atomic E-state index is 0.258. The minimum Gasteiger partial charge on any atom is -0.320 e. The van der Waals surface area contributed by atoms with Gasteiger partial charge in [-0.05, 0) is 28.3 Å². The maximum Gasteiger partial charge on any atom is 0.205 e. The molecular formula is C21H19ClN6O. The Labute approximate surface area is 172 Å². The molecule has 7 nitrogen and oxygen atoms in total. The molecule has 0 radical (unpaired) electrons. The summed E-state index contributed by atoms with van der Waals surface area (Å²) in [7, 11) is 0. The highest BCUT2D eigenvalue weighted by molar-refractivity contribution is 6.31. The molecule has 0 aliphatic rings. The zero-order valence-corrected chi connectivity index (χ0v) is 16.6. The number of aryl methyl sites for hydroxylation is 1. The first-order chi connectivity index (χ1) is 14.2. The molecule has 0 amide bonds. The van der Waals surface area contributed by atoms with Gasteiger partial charge in [0.15, 0.2) is 11.4 Å². The second kappa shape index (κ2) is 8.36. The molecule has 0 unspecified atom stereocenters. The number of nitrogens with zero attached hydrogens (tertiary/aromatic N) is 5. The van der Waals surface area contributed by atoms with Gasteiger partial charge in [0.25, 0.3) is 0 Å². The highest BCUT2D eigenvalue weighted by atomic mass is 35.5. The number of carbonyl (C=O) groups is 1. The van der Waals surface area contributed by atoms with Crippen LogP contribution in [0.4, 0.5) is 0 Å². The van der Waals surface area contributed by atoms with E-state index in [9.17, 15) is 4.79 Å². The molecule has 0 aliphatic carbocycles. The van der Waals surface area contributed by atoms with Crippen molar-refractivity contribution in [2.75, 3.05) is 0 Å². The smallest absolute Gasteiger partial charge is 0.205 e. The fourth-order valence-corrected chi connectivity index (χ4v) is 3.61. The Hall–Kier alpha value is -3.32. The first kappa shape index (κ1) is 19.0. The van der Waals surface area contributed by atoms with Gasteiger partial charge < -0.3 is 4.57 Å². The molecule has 2 aromatic carbocycles. The Morgan fingerprint density at radius 3 is 2.52 bits per heavy atom. The van der Waals surface area contributed by atoms with Crippen LogP contribution in [-0.2, 0) is 13.0 Å². The molecule has 8 heteroatoms. The van der Waals surface area contributed by atoms with E-state index in [0.717, 1.165) is 47.2 Å². The molecule has 0 aliphatic heterocycles. The highest BCUT2D eigenvalue weighted by Crippen LogP contribution is 2.30. The van der Waals surface area contributed by atoms with Crippen molar-refractivity contribution in [3.8, 4) is 22.5 Å². The standard InChI is InChI=1S/C21H19ClN6O/c1-2-5-19-23-20(22)18(13-29)28(19)12-14-8-10-15(11-9-14)16-6-3-4-7-17(16)21-24-26-27-25-21/h3-4,6-11,13H,2,5,12H2,1H3,(H,24,25,26,27). The van der Waals surface area contributed by atoms with Crippen molar-refractivity contribution in [3.63, 3.8) is 0 Å². The lowest BCUT2D eigenvalue weighted by atomic mass is 9.98. The van der Waals surface area contributed by atoms with Crippen molar-refractivity contribution < 1.29 is 4.79 Å². The van der Waals surface area contributed by atoms with E-state index in [-0.39, 0.29) is 5.15 Å². The number of aldehydes is 1. The Balaban J connectivity index is 1.65. The van der Waals surface area contributed by atoms with E-state index in [0.29, 0.717) is 18.1 Å². The number of benzene rings is 2. The number of halogens is 1. The number of aromatic nitrogens is 6. The van der Waals surface area contributed by atoms with E-state index >= 15 is 0 Å². The molecule has 0 spiro atoms. The number of imidazole rings is 1. The van der Waals surface area contributed by atoms with Crippen LogP contribution in [0.5, 0.6) is 0 Å². The maximum absolute atomic E-state index is 11.5. The quantitative estimate of drug-likeness (QED) is 0.464. The predicted octanol–water partition coefficient (Wildman–Crippen LogP) is 4.20. The monoisotopic (exact) mass is 406 g/mol. The van der Waals surface area contributed by atoms with Crippen LogP contribution in [0.15, 0.2) is 48.5 Å². The minimum absolute atomic E-state index is 0.258. The third-order valence-corrected chi connectivity index (χ3v) is 5.02. The molecule has 0 saturated carbocycles. The Morgan fingerprint density at radius 1 is 1.10 bits per heavy atom. The third kappa shape index (κ3) is 3.82. The summed E-state index contributed by atoms with van der Waals surface area (Å²) in [5.41, 5.74) is 4.44. The molecule has 4 rings (SSSR count). The summed E-state index contributed by atoms with van der Waals surface area (Å²) in [5, 5.41) is 14.6. The highest BCUT2D eigenvalue weighted by Gasteiger charge is 2.15. The molecule has 2 heterocycles. The van der Waals surface area contributed by atoms with Crippen LogP contribution in [0.25, 0.3) is 22.5 Å². The zero-order chi connectivity index (χ0) is 20.2. The maximum atomic E-state index is 11.5. The first-order valence-corrected chi connectivity index (χ1v) is 9.71. The van der Waals surface area contributed by atoms with Crippen LogP contribution < -0.4 is 0 Å². The number of aromatic amines is 1. The topological polar surface area (TPSA) is 89.4 Å². The van der Waals surface area contributed by atoms with Crippen molar-refractivity contribution in [1.29, 1.82) is 0 Å². The third-order valence-electron chi connectivity index (χ3n) is 4.75. The number of hydrogen-bond donors (Lipinski definition) is 1. The molecule has 4 aromatic rings. The van der Waals surface area contributed by atoms with Gasteiger partial charge in [0, 0.05) is 18.5 Å². The molecule has 146 valence electrons. The summed E-state index contributed by atoms with van der Waals surface area (Å²) >= 11 is 6.14. The normalized spacial score (nSPS) is 11.0. The van der Waals surface area contributed by atoms with Gasteiger partial charge in [0.1, 0.15) is 11.5 Å². The molecule has 0 saturated heterocycles. The average Bonchev–Trinajstić information content (AvgIpc) is 3.37. The molecular weight excluding hydrogens is 388 g/mol. The van der Waals surface area contributed by atoms with Crippen LogP contribution in [0, 0.1) is 0 Å². The lowest BCUT2D eigenvalue weighted by molar-refractivity contribution is 0.111. The largest absolute Gasteiger partial charge is 0.320 e. The predicted molar refractivity (Wildman–Crippen MR) is 111 cm³/mol. The van der Waals surface area contributed by atoms with Gasteiger partial charge in [-0.2, -0.15) is 5.21 Å². The van der Waals surface area contributed by atoms with E-state index in [1.807, 2.05) is 53.1 Å². The molecule has 2 aromatic heterocycles. The first-order valence-electron chi connectivity index (χ1n) is 9.33. The van der Waals surface area contributed by atoms with Crippen LogP contribution in [0.2, 0.25) is 5.15 Å². The van der Waals surface area contributed by atoms with Crippen LogP contribution in [0.1, 0.15) is 35.2 Å². The summed E-state index contributed by atoms with van der Waals surface area (Å²) in [5.74, 6) is 1.38. The second-order valence-corrected chi connectivity index (χ2v) is 6.99. The van der Waals surface area contributed by atoms with E-state index in [1.165, 1.54) is 0 Å². The van der Waals surface area contributed by atoms with Gasteiger partial charge in [0.05, 0.1) is 0 Å². The molecule has 0 bridgehead atoms. The second-order valence-electron chi connectivity index (χ2n) is 6.64. The van der Waals surface area contributed by atoms with Crippen molar-refractivity contribution in [3.05, 3.63) is 70.8 Å². The van der Waals surface area contributed by atoms with E-state index in [2.05, 4.69) is 32.5 Å². The lowest BCUT2D eigenvalue weighted by Crippen LogP contribution is -2.08. The van der Waals surface area contributed by atoms with Gasteiger partial charge in [-0.15, -0.1) is 10.2 Å². The summed E-state index contributed by atoms with van der Waals surface area (Å²) < 4.78 is 1.89. The lowest BCUT2D eigenvalue weighted by Gasteiger charge is -2.11. The number of tetrazole rings is 1. The number of carbonyl (C=O) groups excluding carboxylic acids is 1. The molecule has 0 fully saturated rings. The van der Waals surface area contributed by atoms with Crippen molar-refractivity contribution in [2.24, 2.45) is 0 Å². The Morgan fingerprint density at radius 2 is 1.86 bits per heavy atom. The molecule has 29 heavy (non-hydrogen) atoms. The Bertz CT molecular complexity index is 1120. The summed E-state index contributed by atoms with van der Waals surface area (Å²) in [6, 6.07) is 16.1. The average molecular weight is 407 g/mol. The van der Waals surface area contributed by atoms with E-state index in [1.54, 1.807) is 0 Å². The number of rotatable bonds is 7. The van der Waals surface area contributed by atoms with Crippen LogP contribution >= 0.6 is 11.6 Å². The number of hydrogen-bond acceptors (Lipinski definition) is 5. The van der Waals surface area contributed by atoms with Gasteiger partial charge in [-0.25, -0.2) is 4.98 Å². The van der Waals surface area contributed by atoms with E-state index in [4.69, 9.17) is 11.6 Å². The van der Waals surface area contributed by atoms with Crippen LogP contribution in [-0.4, -0.2) is 36.5 Å². The van der Waals surface area contributed by atoms with Crippen molar-refractivity contribution in [2.45, 2.75) is 26.3 Å². The zero-order valence-electron chi connectivity index (χ0n) is 15.8. The van der Waals surface area contributed by atoms with Crippen molar-refractivity contribution >= 4 is 17.9 Å². The fourth-order valence-electron chi connectivity index (χ4n) is 3.36. The van der Waals surface area contributed by atoms with Gasteiger partial charge in [-0.3, -0.25) is 4.79 Å². The van der Waals surface area contributed by atoms with Gasteiger partial charge in [-0.1, -0.05) is 67.1 Å². The number of H-pyrrole nitrogens is 1.